The number of hydrogen-bond acceptors (Lipinski definition) is 1. The van der Waals surface area contributed by atoms with Gasteiger partial charge in [0.1, 0.15) is 0 Å². The fraction of sp³-hybridized carbons (Fsp3) is 0. The van der Waals surface area contributed by atoms with Crippen LogP contribution in [-0.4, -0.2) is 4.98 Å². The van der Waals surface area contributed by atoms with Gasteiger partial charge in [-0.2, -0.15) is 0 Å². The van der Waals surface area contributed by atoms with Crippen molar-refractivity contribution in [2.75, 3.05) is 0 Å². The van der Waals surface area contributed by atoms with Crippen LogP contribution in [0.2, 0.25) is 5.02 Å². The van der Waals surface area contributed by atoms with Gasteiger partial charge in [-0.15, -0.1) is 0 Å². The standard InChI is InChI=1S/C16H9ClN2/c1-18-13-5-2-11(3-6-13)12-4-7-16-14(10-12)15(17)8-9-19-16/h2-10H. The van der Waals surface area contributed by atoms with Gasteiger partial charge in [-0.25, -0.2) is 4.85 Å². The average molecular weight is 265 g/mol. The maximum absolute atomic E-state index is 6.95. The first-order valence-corrected chi connectivity index (χ1v) is 6.18. The topological polar surface area (TPSA) is 17.2 Å². The molecule has 1 heterocycles. The summed E-state index contributed by atoms with van der Waals surface area (Å²) in [5.41, 5.74) is 3.66. The quantitative estimate of drug-likeness (QED) is 0.559. The van der Waals surface area contributed by atoms with Crippen LogP contribution in [0, 0.1) is 6.57 Å². The van der Waals surface area contributed by atoms with E-state index in [4.69, 9.17) is 18.2 Å². The summed E-state index contributed by atoms with van der Waals surface area (Å²) in [6, 6.07) is 15.3. The molecule has 0 aliphatic heterocycles. The lowest BCUT2D eigenvalue weighted by Gasteiger charge is -2.05. The summed E-state index contributed by atoms with van der Waals surface area (Å²) >= 11 is 6.18. The molecule has 0 amide bonds. The van der Waals surface area contributed by atoms with E-state index in [-0.39, 0.29) is 0 Å². The highest BCUT2D eigenvalue weighted by molar-refractivity contribution is 6.35. The van der Waals surface area contributed by atoms with Crippen LogP contribution in [0.1, 0.15) is 0 Å². The Morgan fingerprint density at radius 1 is 0.947 bits per heavy atom. The Kier molecular flexibility index (Phi) is 2.91. The Balaban J connectivity index is 2.14. The van der Waals surface area contributed by atoms with Crippen LogP contribution in [0.25, 0.3) is 26.9 Å². The fourth-order valence-electron chi connectivity index (χ4n) is 2.02. The summed E-state index contributed by atoms with van der Waals surface area (Å²) in [5.74, 6) is 0. The van der Waals surface area contributed by atoms with Crippen molar-refractivity contribution in [3.63, 3.8) is 0 Å². The lowest BCUT2D eigenvalue weighted by atomic mass is 10.0. The summed E-state index contributed by atoms with van der Waals surface area (Å²) < 4.78 is 0. The normalized spacial score (nSPS) is 10.3. The van der Waals surface area contributed by atoms with Crippen molar-refractivity contribution in [1.29, 1.82) is 0 Å². The number of nitrogens with zero attached hydrogens (tertiary/aromatic N) is 2. The van der Waals surface area contributed by atoms with Crippen molar-refractivity contribution in [2.45, 2.75) is 0 Å². The minimum atomic E-state index is 0.643. The minimum absolute atomic E-state index is 0.643. The van der Waals surface area contributed by atoms with Gasteiger partial charge in [0.15, 0.2) is 5.69 Å². The molecule has 0 spiro atoms. The average Bonchev–Trinajstić information content (AvgIpc) is 2.47. The molecular weight excluding hydrogens is 256 g/mol. The van der Waals surface area contributed by atoms with Crippen LogP contribution in [0.3, 0.4) is 0 Å². The van der Waals surface area contributed by atoms with E-state index in [9.17, 15) is 0 Å². The number of aromatic nitrogens is 1. The third-order valence-corrected chi connectivity index (χ3v) is 3.35. The van der Waals surface area contributed by atoms with Crippen molar-refractivity contribution < 1.29 is 0 Å². The van der Waals surface area contributed by atoms with E-state index in [0.29, 0.717) is 10.7 Å². The summed E-state index contributed by atoms with van der Waals surface area (Å²) in [7, 11) is 0. The van der Waals surface area contributed by atoms with Crippen molar-refractivity contribution in [3.05, 3.63) is 71.2 Å². The van der Waals surface area contributed by atoms with E-state index in [2.05, 4.69) is 9.83 Å². The van der Waals surface area contributed by atoms with Crippen LogP contribution in [0.15, 0.2) is 54.7 Å². The summed E-state index contributed by atoms with van der Waals surface area (Å²) in [5, 5.41) is 1.64. The van der Waals surface area contributed by atoms with Gasteiger partial charge >= 0.3 is 0 Å². The zero-order valence-corrected chi connectivity index (χ0v) is 10.7. The molecule has 0 atom stereocenters. The maximum Gasteiger partial charge on any atom is 0.187 e. The van der Waals surface area contributed by atoms with Crippen LogP contribution in [0.5, 0.6) is 0 Å². The molecule has 19 heavy (non-hydrogen) atoms. The predicted octanol–water partition coefficient (Wildman–Crippen LogP) is 5.11. The molecule has 3 rings (SSSR count). The lowest BCUT2D eigenvalue weighted by molar-refractivity contribution is 1.41. The van der Waals surface area contributed by atoms with Crippen molar-refractivity contribution in [2.24, 2.45) is 0 Å². The SMILES string of the molecule is [C-]#[N+]c1ccc(-c2ccc3nccc(Cl)c3c2)cc1. The second-order valence-electron chi connectivity index (χ2n) is 4.18. The molecule has 0 saturated carbocycles. The smallest absolute Gasteiger partial charge is 0.187 e. The Hall–Kier alpha value is -2.37. The second-order valence-corrected chi connectivity index (χ2v) is 4.59. The molecule has 0 aliphatic rings. The van der Waals surface area contributed by atoms with E-state index in [1.165, 1.54) is 0 Å². The van der Waals surface area contributed by atoms with Crippen LogP contribution in [-0.2, 0) is 0 Å². The number of halogens is 1. The first kappa shape index (κ1) is 11.7. The molecule has 0 unspecified atom stereocenters. The molecule has 2 nitrogen and oxygen atoms in total. The minimum Gasteiger partial charge on any atom is -0.256 e. The van der Waals surface area contributed by atoms with Gasteiger partial charge < -0.3 is 0 Å². The summed E-state index contributed by atoms with van der Waals surface area (Å²) in [6.07, 6.45) is 1.70. The lowest BCUT2D eigenvalue weighted by Crippen LogP contribution is -1.82. The maximum atomic E-state index is 6.95. The molecule has 0 bridgehead atoms. The molecule has 0 fully saturated rings. The molecule has 0 radical (unpaired) electrons. The molecule has 3 aromatic rings. The Bertz CT molecular complexity index is 786. The van der Waals surface area contributed by atoms with Gasteiger partial charge in [-0.3, -0.25) is 4.98 Å². The highest BCUT2D eigenvalue weighted by atomic mass is 35.5. The van der Waals surface area contributed by atoms with E-state index in [1.54, 1.807) is 12.3 Å². The van der Waals surface area contributed by atoms with E-state index >= 15 is 0 Å². The zero-order valence-electron chi connectivity index (χ0n) is 9.97. The molecule has 2 aromatic carbocycles. The highest BCUT2D eigenvalue weighted by Crippen LogP contribution is 2.28. The Labute approximate surface area is 116 Å². The van der Waals surface area contributed by atoms with Crippen LogP contribution in [0.4, 0.5) is 5.69 Å². The number of benzene rings is 2. The largest absolute Gasteiger partial charge is 0.256 e. The van der Waals surface area contributed by atoms with Gasteiger partial charge in [0.05, 0.1) is 17.1 Å². The van der Waals surface area contributed by atoms with E-state index in [0.717, 1.165) is 22.0 Å². The molecule has 1 aromatic heterocycles. The monoisotopic (exact) mass is 264 g/mol. The number of fused-ring (bicyclic) bond motifs is 1. The Morgan fingerprint density at radius 2 is 1.68 bits per heavy atom. The third kappa shape index (κ3) is 2.16. The van der Waals surface area contributed by atoms with Gasteiger partial charge in [-0.1, -0.05) is 41.9 Å². The predicted molar refractivity (Wildman–Crippen MR) is 78.5 cm³/mol. The first-order valence-electron chi connectivity index (χ1n) is 5.80. The Morgan fingerprint density at radius 3 is 2.42 bits per heavy atom. The van der Waals surface area contributed by atoms with Crippen LogP contribution >= 0.6 is 11.6 Å². The number of pyridine rings is 1. The van der Waals surface area contributed by atoms with Gasteiger partial charge in [0.2, 0.25) is 0 Å². The van der Waals surface area contributed by atoms with Gasteiger partial charge in [-0.05, 0) is 29.3 Å². The fourth-order valence-corrected chi connectivity index (χ4v) is 2.23. The summed E-state index contributed by atoms with van der Waals surface area (Å²) in [6.45, 7) is 6.95. The second kappa shape index (κ2) is 4.72. The number of rotatable bonds is 1. The van der Waals surface area contributed by atoms with Crippen molar-refractivity contribution in [1.82, 2.24) is 4.98 Å². The molecule has 0 N–H and O–H groups in total. The van der Waals surface area contributed by atoms with Gasteiger partial charge in [0, 0.05) is 11.6 Å². The highest BCUT2D eigenvalue weighted by Gasteiger charge is 2.03. The number of hydrogen-bond donors (Lipinski definition) is 0. The molecule has 90 valence electrons. The first-order chi connectivity index (χ1) is 9.28. The summed E-state index contributed by atoms with van der Waals surface area (Å²) in [4.78, 5) is 7.67. The van der Waals surface area contributed by atoms with Crippen LogP contribution < -0.4 is 0 Å². The third-order valence-electron chi connectivity index (χ3n) is 3.02. The van der Waals surface area contributed by atoms with E-state index in [1.807, 2.05) is 42.5 Å². The molecule has 0 aliphatic carbocycles. The van der Waals surface area contributed by atoms with Crippen molar-refractivity contribution in [3.8, 4) is 11.1 Å². The molecule has 0 saturated heterocycles. The van der Waals surface area contributed by atoms with E-state index < -0.39 is 0 Å². The van der Waals surface area contributed by atoms with Gasteiger partial charge in [0.25, 0.3) is 0 Å². The zero-order chi connectivity index (χ0) is 13.2. The van der Waals surface area contributed by atoms with Crippen molar-refractivity contribution >= 4 is 28.2 Å². The molecular formula is C16H9ClN2. The molecule has 3 heteroatoms.